The fourth-order valence-electron chi connectivity index (χ4n) is 3.04. The van der Waals surface area contributed by atoms with Crippen LogP contribution in [0.3, 0.4) is 0 Å². The van der Waals surface area contributed by atoms with E-state index in [9.17, 15) is 9.18 Å². The number of Topliss-reactive ketones (excluding diaryl/α,β-unsaturated/α-hetero) is 1. The number of allylic oxidation sites excluding steroid dienone is 1. The highest BCUT2D eigenvalue weighted by molar-refractivity contribution is 6.13. The molecule has 0 spiro atoms. The number of carbonyl (C=O) groups excluding carboxylic acids is 1. The maximum atomic E-state index is 12.9. The lowest BCUT2D eigenvalue weighted by molar-refractivity contribution is 0.102. The first kappa shape index (κ1) is 13.8. The fourth-order valence-corrected chi connectivity index (χ4v) is 3.04. The van der Waals surface area contributed by atoms with E-state index in [0.29, 0.717) is 12.1 Å². The Balaban J connectivity index is 1.64. The fraction of sp³-hybridized carbons (Fsp3) is 0.105. The number of nitrogens with one attached hydrogen (secondary N) is 2. The molecule has 0 unspecified atom stereocenters. The first-order valence-electron chi connectivity index (χ1n) is 7.58. The average molecular weight is 306 g/mol. The van der Waals surface area contributed by atoms with Crippen LogP contribution in [0.1, 0.15) is 22.5 Å². The van der Waals surface area contributed by atoms with Crippen LogP contribution < -0.4 is 5.32 Å². The van der Waals surface area contributed by atoms with Crippen LogP contribution >= 0.6 is 0 Å². The molecule has 1 heterocycles. The second kappa shape index (κ2) is 5.39. The number of hydrogen-bond acceptors (Lipinski definition) is 2. The molecule has 0 saturated carbocycles. The standard InChI is InChI=1S/C19H15FN2O/c20-13-6-8-14(9-7-13)21-11-12-5-10-16-15-3-1-2-4-17(15)22-18(16)19(12)23/h1-4,6-9,11,21-22H,5,10H2/b12-11-. The SMILES string of the molecule is O=C1/C(=C\Nc2ccc(F)cc2)CCc2c1[nH]c1ccccc21. The molecule has 1 aromatic heterocycles. The minimum atomic E-state index is -0.278. The van der Waals surface area contributed by atoms with Crippen molar-refractivity contribution in [3.05, 3.63) is 77.4 Å². The molecule has 2 aromatic carbocycles. The Bertz CT molecular complexity index is 922. The molecular weight excluding hydrogens is 291 g/mol. The molecule has 23 heavy (non-hydrogen) atoms. The lowest BCUT2D eigenvalue weighted by atomic mass is 9.91. The summed E-state index contributed by atoms with van der Waals surface area (Å²) < 4.78 is 12.9. The van der Waals surface area contributed by atoms with Gasteiger partial charge in [0.2, 0.25) is 5.78 Å². The third kappa shape index (κ3) is 2.42. The van der Waals surface area contributed by atoms with Gasteiger partial charge in [0.1, 0.15) is 5.82 Å². The van der Waals surface area contributed by atoms with Crippen molar-refractivity contribution in [2.75, 3.05) is 5.32 Å². The van der Waals surface area contributed by atoms with Gasteiger partial charge in [0, 0.05) is 28.4 Å². The minimum Gasteiger partial charge on any atom is -0.361 e. The topological polar surface area (TPSA) is 44.9 Å². The molecule has 0 radical (unpaired) electrons. The van der Waals surface area contributed by atoms with Crippen molar-refractivity contribution < 1.29 is 9.18 Å². The van der Waals surface area contributed by atoms with E-state index in [2.05, 4.69) is 10.3 Å². The van der Waals surface area contributed by atoms with Crippen molar-refractivity contribution in [2.45, 2.75) is 12.8 Å². The average Bonchev–Trinajstić information content (AvgIpc) is 2.95. The number of benzene rings is 2. The lowest BCUT2D eigenvalue weighted by Crippen LogP contribution is -2.14. The Morgan fingerprint density at radius 1 is 1.04 bits per heavy atom. The van der Waals surface area contributed by atoms with E-state index in [1.165, 1.54) is 12.1 Å². The van der Waals surface area contributed by atoms with E-state index in [4.69, 9.17) is 0 Å². The Morgan fingerprint density at radius 3 is 2.65 bits per heavy atom. The van der Waals surface area contributed by atoms with E-state index in [0.717, 1.165) is 34.1 Å². The van der Waals surface area contributed by atoms with E-state index < -0.39 is 0 Å². The normalized spacial score (nSPS) is 15.9. The summed E-state index contributed by atoms with van der Waals surface area (Å²) >= 11 is 0. The van der Waals surface area contributed by atoms with Gasteiger partial charge in [-0.25, -0.2) is 4.39 Å². The van der Waals surface area contributed by atoms with Crippen LogP contribution in [0.2, 0.25) is 0 Å². The first-order chi connectivity index (χ1) is 11.2. The highest BCUT2D eigenvalue weighted by atomic mass is 19.1. The molecule has 0 aliphatic heterocycles. The Kier molecular flexibility index (Phi) is 3.23. The molecule has 1 aliphatic rings. The predicted molar refractivity (Wildman–Crippen MR) is 89.1 cm³/mol. The number of para-hydroxylation sites is 1. The zero-order valence-corrected chi connectivity index (χ0v) is 12.4. The number of carbonyl (C=O) groups is 1. The van der Waals surface area contributed by atoms with Gasteiger partial charge < -0.3 is 10.3 Å². The van der Waals surface area contributed by atoms with Crippen LogP contribution in [0.5, 0.6) is 0 Å². The highest BCUT2D eigenvalue weighted by Gasteiger charge is 2.25. The van der Waals surface area contributed by atoms with Crippen molar-refractivity contribution in [2.24, 2.45) is 0 Å². The van der Waals surface area contributed by atoms with Crippen molar-refractivity contribution in [1.29, 1.82) is 0 Å². The molecule has 0 atom stereocenters. The Morgan fingerprint density at radius 2 is 1.83 bits per heavy atom. The molecule has 0 bridgehead atoms. The van der Waals surface area contributed by atoms with Gasteiger partial charge >= 0.3 is 0 Å². The van der Waals surface area contributed by atoms with Crippen molar-refractivity contribution >= 4 is 22.4 Å². The molecule has 4 heteroatoms. The van der Waals surface area contributed by atoms with Gasteiger partial charge in [-0.3, -0.25) is 4.79 Å². The molecule has 1 aliphatic carbocycles. The lowest BCUT2D eigenvalue weighted by Gasteiger charge is -2.14. The Hall–Kier alpha value is -2.88. The van der Waals surface area contributed by atoms with Gasteiger partial charge in [0.15, 0.2) is 0 Å². The summed E-state index contributed by atoms with van der Waals surface area (Å²) in [5.74, 6) is -0.253. The third-order valence-electron chi connectivity index (χ3n) is 4.23. The maximum absolute atomic E-state index is 12.9. The molecule has 0 saturated heterocycles. The number of fused-ring (bicyclic) bond motifs is 3. The molecule has 0 fully saturated rings. The van der Waals surface area contributed by atoms with Crippen LogP contribution in [0.25, 0.3) is 10.9 Å². The van der Waals surface area contributed by atoms with Crippen molar-refractivity contribution in [3.63, 3.8) is 0 Å². The van der Waals surface area contributed by atoms with Gasteiger partial charge in [-0.15, -0.1) is 0 Å². The summed E-state index contributed by atoms with van der Waals surface area (Å²) in [5, 5.41) is 4.20. The number of anilines is 1. The summed E-state index contributed by atoms with van der Waals surface area (Å²) in [7, 11) is 0. The predicted octanol–water partition coefficient (Wildman–Crippen LogP) is 4.43. The largest absolute Gasteiger partial charge is 0.361 e. The van der Waals surface area contributed by atoms with E-state index in [1.54, 1.807) is 18.3 Å². The van der Waals surface area contributed by atoms with E-state index >= 15 is 0 Å². The van der Waals surface area contributed by atoms with Crippen LogP contribution in [0.15, 0.2) is 60.3 Å². The van der Waals surface area contributed by atoms with Crippen molar-refractivity contribution in [3.8, 4) is 0 Å². The minimum absolute atomic E-state index is 0.0251. The summed E-state index contributed by atoms with van der Waals surface area (Å²) in [6, 6.07) is 14.1. The van der Waals surface area contributed by atoms with Crippen molar-refractivity contribution in [1.82, 2.24) is 4.98 Å². The van der Waals surface area contributed by atoms with Crippen LogP contribution in [-0.4, -0.2) is 10.8 Å². The second-order valence-electron chi connectivity index (χ2n) is 5.67. The van der Waals surface area contributed by atoms with Crippen LogP contribution in [0, 0.1) is 5.82 Å². The number of aromatic amines is 1. The van der Waals surface area contributed by atoms with Crippen LogP contribution in [-0.2, 0) is 6.42 Å². The number of hydrogen-bond donors (Lipinski definition) is 2. The second-order valence-corrected chi connectivity index (χ2v) is 5.67. The third-order valence-corrected chi connectivity index (χ3v) is 4.23. The smallest absolute Gasteiger partial charge is 0.206 e. The number of halogens is 1. The molecule has 2 N–H and O–H groups in total. The summed E-state index contributed by atoms with van der Waals surface area (Å²) in [5.41, 5.74) is 4.27. The molecule has 3 nitrogen and oxygen atoms in total. The highest BCUT2D eigenvalue weighted by Crippen LogP contribution is 2.31. The maximum Gasteiger partial charge on any atom is 0.206 e. The first-order valence-corrected chi connectivity index (χ1v) is 7.58. The molecule has 0 amide bonds. The monoisotopic (exact) mass is 306 g/mol. The van der Waals surface area contributed by atoms with Gasteiger partial charge in [-0.1, -0.05) is 18.2 Å². The molecule has 4 rings (SSSR count). The summed E-state index contributed by atoms with van der Waals surface area (Å²) in [6.45, 7) is 0. The van der Waals surface area contributed by atoms with Gasteiger partial charge in [0.25, 0.3) is 0 Å². The summed E-state index contributed by atoms with van der Waals surface area (Å²) in [4.78, 5) is 15.9. The zero-order valence-electron chi connectivity index (χ0n) is 12.4. The molecule has 114 valence electrons. The number of aromatic nitrogens is 1. The van der Waals surface area contributed by atoms with Gasteiger partial charge in [-0.2, -0.15) is 0 Å². The number of aryl methyl sites for hydroxylation is 1. The van der Waals surface area contributed by atoms with Gasteiger partial charge in [-0.05, 0) is 48.7 Å². The van der Waals surface area contributed by atoms with E-state index in [-0.39, 0.29) is 11.6 Å². The number of ketones is 1. The van der Waals surface area contributed by atoms with Gasteiger partial charge in [0.05, 0.1) is 5.69 Å². The van der Waals surface area contributed by atoms with E-state index in [1.807, 2.05) is 24.3 Å². The number of H-pyrrole nitrogens is 1. The van der Waals surface area contributed by atoms with Crippen LogP contribution in [0.4, 0.5) is 10.1 Å². The number of rotatable bonds is 2. The molecular formula is C19H15FN2O. The zero-order chi connectivity index (χ0) is 15.8. The Labute approximate surface area is 132 Å². The quantitative estimate of drug-likeness (QED) is 0.688. The molecule has 3 aromatic rings. The summed E-state index contributed by atoms with van der Waals surface area (Å²) in [6.07, 6.45) is 3.26.